The van der Waals surface area contributed by atoms with Gasteiger partial charge in [-0.15, -0.1) is 0 Å². The Morgan fingerprint density at radius 1 is 0.929 bits per heavy atom. The molecule has 2 aromatic rings. The fourth-order valence-electron chi connectivity index (χ4n) is 2.34. The van der Waals surface area contributed by atoms with Crippen molar-refractivity contribution in [2.45, 2.75) is 27.2 Å². The highest BCUT2D eigenvalue weighted by atomic mass is 16.5. The molecule has 6 nitrogen and oxygen atoms in total. The maximum atomic E-state index is 12.2. The summed E-state index contributed by atoms with van der Waals surface area (Å²) in [6.07, 6.45) is 0.956. The number of nitrogens with one attached hydrogen (secondary N) is 1. The predicted octanol–water partition coefficient (Wildman–Crippen LogP) is 4.11. The van der Waals surface area contributed by atoms with E-state index in [9.17, 15) is 14.4 Å². The van der Waals surface area contributed by atoms with Crippen LogP contribution in [0.3, 0.4) is 0 Å². The molecule has 148 valence electrons. The normalized spacial score (nSPS) is 10.4. The summed E-state index contributed by atoms with van der Waals surface area (Å²) in [5.74, 6) is 0.165. The molecule has 0 spiro atoms. The second-order valence-corrected chi connectivity index (χ2v) is 6.81. The number of hydrogen-bond acceptors (Lipinski definition) is 5. The van der Waals surface area contributed by atoms with Crippen molar-refractivity contribution in [2.24, 2.45) is 5.92 Å². The lowest BCUT2D eigenvalue weighted by Gasteiger charge is -2.09. The number of amides is 1. The monoisotopic (exact) mass is 383 g/mol. The van der Waals surface area contributed by atoms with Crippen molar-refractivity contribution in [3.63, 3.8) is 0 Å². The average Bonchev–Trinajstić information content (AvgIpc) is 2.66. The van der Waals surface area contributed by atoms with E-state index in [1.807, 2.05) is 0 Å². The highest BCUT2D eigenvalue weighted by molar-refractivity contribution is 6.00. The third kappa shape index (κ3) is 6.87. The van der Waals surface area contributed by atoms with Crippen LogP contribution in [0.25, 0.3) is 0 Å². The van der Waals surface area contributed by atoms with Gasteiger partial charge in [0.2, 0.25) is 5.91 Å². The standard InChI is InChI=1S/C22H25NO5/c1-15(2)12-13-27-20-10-6-18(7-11-20)22(26)28-14-21(25)17-4-8-19(9-5-17)23-16(3)24/h4-11,15H,12-14H2,1-3H3,(H,23,24). The van der Waals surface area contributed by atoms with Crippen molar-refractivity contribution in [3.05, 3.63) is 59.7 Å². The Morgan fingerprint density at radius 3 is 2.11 bits per heavy atom. The van der Waals surface area contributed by atoms with Crippen molar-refractivity contribution >= 4 is 23.3 Å². The summed E-state index contributed by atoms with van der Waals surface area (Å²) in [6, 6.07) is 13.0. The number of Topliss-reactive ketones (excluding diaryl/α,β-unsaturated/α-hetero) is 1. The first-order valence-electron chi connectivity index (χ1n) is 9.16. The summed E-state index contributed by atoms with van der Waals surface area (Å²) in [7, 11) is 0. The molecule has 1 N–H and O–H groups in total. The van der Waals surface area contributed by atoms with Gasteiger partial charge < -0.3 is 14.8 Å². The van der Waals surface area contributed by atoms with Gasteiger partial charge in [-0.2, -0.15) is 0 Å². The van der Waals surface area contributed by atoms with Crippen LogP contribution in [0.4, 0.5) is 5.69 Å². The third-order valence-corrected chi connectivity index (χ3v) is 3.92. The molecule has 0 aromatic heterocycles. The van der Waals surface area contributed by atoms with Gasteiger partial charge in [-0.25, -0.2) is 4.79 Å². The fraction of sp³-hybridized carbons (Fsp3) is 0.318. The highest BCUT2D eigenvalue weighted by Gasteiger charge is 2.12. The van der Waals surface area contributed by atoms with Crippen LogP contribution in [-0.2, 0) is 9.53 Å². The van der Waals surface area contributed by atoms with Crippen molar-refractivity contribution in [1.29, 1.82) is 0 Å². The van der Waals surface area contributed by atoms with E-state index in [0.29, 0.717) is 35.1 Å². The number of esters is 1. The largest absolute Gasteiger partial charge is 0.494 e. The molecule has 0 radical (unpaired) electrons. The zero-order valence-corrected chi connectivity index (χ0v) is 16.4. The molecule has 0 heterocycles. The summed E-state index contributed by atoms with van der Waals surface area (Å²) in [6.45, 7) is 5.92. The van der Waals surface area contributed by atoms with Gasteiger partial charge in [0.25, 0.3) is 0 Å². The first-order valence-corrected chi connectivity index (χ1v) is 9.16. The smallest absolute Gasteiger partial charge is 0.338 e. The Balaban J connectivity index is 1.84. The maximum absolute atomic E-state index is 12.2. The number of carbonyl (C=O) groups excluding carboxylic acids is 3. The average molecular weight is 383 g/mol. The molecule has 0 aliphatic heterocycles. The molecule has 0 saturated carbocycles. The van der Waals surface area contributed by atoms with Gasteiger partial charge in [0.15, 0.2) is 12.4 Å². The van der Waals surface area contributed by atoms with Crippen LogP contribution in [0.1, 0.15) is 47.9 Å². The van der Waals surface area contributed by atoms with Crippen LogP contribution >= 0.6 is 0 Å². The number of rotatable bonds is 9. The molecular formula is C22H25NO5. The number of ketones is 1. The lowest BCUT2D eigenvalue weighted by Crippen LogP contribution is -2.14. The van der Waals surface area contributed by atoms with Crippen LogP contribution in [-0.4, -0.2) is 30.9 Å². The second kappa shape index (κ2) is 10.3. The number of ether oxygens (including phenoxy) is 2. The molecule has 0 atom stereocenters. The zero-order valence-electron chi connectivity index (χ0n) is 16.4. The molecule has 2 aromatic carbocycles. The topological polar surface area (TPSA) is 81.7 Å². The van der Waals surface area contributed by atoms with Crippen LogP contribution in [0, 0.1) is 5.92 Å². The van der Waals surface area contributed by atoms with Crippen LogP contribution in [0.5, 0.6) is 5.75 Å². The molecular weight excluding hydrogens is 358 g/mol. The quantitative estimate of drug-likeness (QED) is 0.520. The number of anilines is 1. The SMILES string of the molecule is CC(=O)Nc1ccc(C(=O)COC(=O)c2ccc(OCCC(C)C)cc2)cc1. The lowest BCUT2D eigenvalue weighted by molar-refractivity contribution is -0.114. The molecule has 0 saturated heterocycles. The van der Waals surface area contributed by atoms with Crippen LogP contribution in [0.2, 0.25) is 0 Å². The Hall–Kier alpha value is -3.15. The van der Waals surface area contributed by atoms with Crippen molar-refractivity contribution < 1.29 is 23.9 Å². The summed E-state index contributed by atoms with van der Waals surface area (Å²) >= 11 is 0. The lowest BCUT2D eigenvalue weighted by atomic mass is 10.1. The van der Waals surface area contributed by atoms with Gasteiger partial charge in [-0.05, 0) is 60.9 Å². The summed E-state index contributed by atoms with van der Waals surface area (Å²) in [5.41, 5.74) is 1.34. The summed E-state index contributed by atoms with van der Waals surface area (Å²) in [5, 5.41) is 2.62. The highest BCUT2D eigenvalue weighted by Crippen LogP contribution is 2.15. The Morgan fingerprint density at radius 2 is 1.54 bits per heavy atom. The minimum atomic E-state index is -0.572. The van der Waals surface area contributed by atoms with Gasteiger partial charge in [0.05, 0.1) is 12.2 Å². The first kappa shape index (κ1) is 21.2. The molecule has 0 fully saturated rings. The summed E-state index contributed by atoms with van der Waals surface area (Å²) < 4.78 is 10.7. The van der Waals surface area contributed by atoms with Crippen LogP contribution in [0.15, 0.2) is 48.5 Å². The van der Waals surface area contributed by atoms with E-state index in [-0.39, 0.29) is 18.3 Å². The maximum Gasteiger partial charge on any atom is 0.338 e. The van der Waals surface area contributed by atoms with Crippen molar-refractivity contribution in [3.8, 4) is 5.75 Å². The molecule has 6 heteroatoms. The Labute approximate surface area is 164 Å². The number of hydrogen-bond donors (Lipinski definition) is 1. The fourth-order valence-corrected chi connectivity index (χ4v) is 2.34. The Kier molecular flexibility index (Phi) is 7.75. The predicted molar refractivity (Wildman–Crippen MR) is 107 cm³/mol. The molecule has 0 bridgehead atoms. The number of carbonyl (C=O) groups is 3. The van der Waals surface area contributed by atoms with Crippen molar-refractivity contribution in [2.75, 3.05) is 18.5 Å². The zero-order chi connectivity index (χ0) is 20.5. The van der Waals surface area contributed by atoms with Gasteiger partial charge in [0.1, 0.15) is 5.75 Å². The number of benzene rings is 2. The first-order chi connectivity index (χ1) is 13.3. The van der Waals surface area contributed by atoms with E-state index in [1.165, 1.54) is 6.92 Å². The minimum absolute atomic E-state index is 0.190. The molecule has 1 amide bonds. The van der Waals surface area contributed by atoms with Gasteiger partial charge in [-0.3, -0.25) is 9.59 Å². The van der Waals surface area contributed by atoms with E-state index in [1.54, 1.807) is 48.5 Å². The molecule has 28 heavy (non-hydrogen) atoms. The van der Waals surface area contributed by atoms with E-state index >= 15 is 0 Å². The van der Waals surface area contributed by atoms with Gasteiger partial charge in [-0.1, -0.05) is 13.8 Å². The Bertz CT molecular complexity index is 810. The van der Waals surface area contributed by atoms with Gasteiger partial charge in [0, 0.05) is 18.2 Å². The van der Waals surface area contributed by atoms with E-state index in [0.717, 1.165) is 6.42 Å². The molecule has 0 aliphatic carbocycles. The molecule has 2 rings (SSSR count). The minimum Gasteiger partial charge on any atom is -0.494 e. The molecule has 0 aliphatic rings. The van der Waals surface area contributed by atoms with E-state index < -0.39 is 5.97 Å². The van der Waals surface area contributed by atoms with E-state index in [4.69, 9.17) is 9.47 Å². The second-order valence-electron chi connectivity index (χ2n) is 6.81. The van der Waals surface area contributed by atoms with Gasteiger partial charge >= 0.3 is 5.97 Å². The summed E-state index contributed by atoms with van der Waals surface area (Å²) in [4.78, 5) is 35.3. The van der Waals surface area contributed by atoms with Crippen LogP contribution < -0.4 is 10.1 Å². The van der Waals surface area contributed by atoms with E-state index in [2.05, 4.69) is 19.2 Å². The molecule has 0 unspecified atom stereocenters. The van der Waals surface area contributed by atoms with Crippen molar-refractivity contribution in [1.82, 2.24) is 0 Å². The third-order valence-electron chi connectivity index (χ3n) is 3.92.